The first-order chi connectivity index (χ1) is 9.52. The lowest BCUT2D eigenvalue weighted by atomic mass is 10.1. The number of benzene rings is 1. The van der Waals surface area contributed by atoms with Gasteiger partial charge in [-0.2, -0.15) is 0 Å². The average molecular weight is 293 g/mol. The zero-order valence-electron chi connectivity index (χ0n) is 10.9. The Kier molecular flexibility index (Phi) is 4.14. The highest BCUT2D eigenvalue weighted by molar-refractivity contribution is 7.98. The molecule has 1 aromatic carbocycles. The number of hydrogen-bond acceptors (Lipinski definition) is 5. The van der Waals surface area contributed by atoms with Crippen LogP contribution in [-0.2, 0) is 12.3 Å². The lowest BCUT2D eigenvalue weighted by Gasteiger charge is -2.07. The second-order valence-electron chi connectivity index (χ2n) is 4.12. The number of aromatic amines is 1. The highest BCUT2D eigenvalue weighted by atomic mass is 32.2. The van der Waals surface area contributed by atoms with Gasteiger partial charge in [0.2, 0.25) is 5.91 Å². The number of amides is 1. The van der Waals surface area contributed by atoms with Gasteiger partial charge in [-0.05, 0) is 24.6 Å². The van der Waals surface area contributed by atoms with Crippen molar-refractivity contribution in [3.63, 3.8) is 0 Å². The number of aromatic nitrogens is 3. The Hall–Kier alpha value is -2.22. The summed E-state index contributed by atoms with van der Waals surface area (Å²) in [6.07, 6.45) is 0. The number of carbonyl (C=O) groups excluding carboxylic acids is 1. The summed E-state index contributed by atoms with van der Waals surface area (Å²) in [5.74, 6) is 0.0397. The minimum atomic E-state index is -0.511. The molecule has 0 unspecified atom stereocenters. The molecule has 0 aliphatic rings. The monoisotopic (exact) mass is 293 g/mol. The minimum absolute atomic E-state index is 0.230. The van der Waals surface area contributed by atoms with Crippen LogP contribution in [0.3, 0.4) is 0 Å². The SMILES string of the molecule is CCn1c(SCc2ccc(C(N)=O)cc2N)n[nH]c1=O. The number of nitrogen functional groups attached to an aromatic ring is 1. The Labute approximate surface area is 119 Å². The molecule has 2 aromatic rings. The van der Waals surface area contributed by atoms with Crippen molar-refractivity contribution >= 4 is 23.4 Å². The third-order valence-corrected chi connectivity index (χ3v) is 3.85. The second kappa shape index (κ2) is 5.83. The van der Waals surface area contributed by atoms with Gasteiger partial charge < -0.3 is 11.5 Å². The summed E-state index contributed by atoms with van der Waals surface area (Å²) in [5, 5.41) is 6.97. The molecule has 0 saturated carbocycles. The van der Waals surface area contributed by atoms with Gasteiger partial charge in [-0.1, -0.05) is 17.8 Å². The molecule has 0 atom stereocenters. The van der Waals surface area contributed by atoms with Crippen LogP contribution >= 0.6 is 11.8 Å². The van der Waals surface area contributed by atoms with E-state index in [2.05, 4.69) is 10.2 Å². The summed E-state index contributed by atoms with van der Waals surface area (Å²) >= 11 is 1.40. The fourth-order valence-corrected chi connectivity index (χ4v) is 2.74. The Morgan fingerprint density at radius 2 is 2.25 bits per heavy atom. The van der Waals surface area contributed by atoms with E-state index in [1.54, 1.807) is 22.8 Å². The number of nitrogens with two attached hydrogens (primary N) is 2. The number of H-pyrrole nitrogens is 1. The number of primary amides is 1. The van der Waals surface area contributed by atoms with Crippen LogP contribution in [-0.4, -0.2) is 20.7 Å². The molecule has 0 bridgehead atoms. The quantitative estimate of drug-likeness (QED) is 0.549. The van der Waals surface area contributed by atoms with E-state index in [1.165, 1.54) is 11.8 Å². The predicted molar refractivity (Wildman–Crippen MR) is 77.5 cm³/mol. The smallest absolute Gasteiger partial charge is 0.343 e. The van der Waals surface area contributed by atoms with Crippen LogP contribution in [0.2, 0.25) is 0 Å². The fraction of sp³-hybridized carbons (Fsp3) is 0.250. The van der Waals surface area contributed by atoms with Crippen LogP contribution < -0.4 is 17.2 Å². The molecule has 0 saturated heterocycles. The first kappa shape index (κ1) is 14.2. The van der Waals surface area contributed by atoms with Gasteiger partial charge in [0.1, 0.15) is 0 Å². The summed E-state index contributed by atoms with van der Waals surface area (Å²) in [7, 11) is 0. The summed E-state index contributed by atoms with van der Waals surface area (Å²) in [5.41, 5.74) is 12.6. The van der Waals surface area contributed by atoms with E-state index in [0.717, 1.165) is 5.56 Å². The van der Waals surface area contributed by atoms with E-state index < -0.39 is 5.91 Å². The number of hydrogen-bond donors (Lipinski definition) is 3. The van der Waals surface area contributed by atoms with Crippen molar-refractivity contribution < 1.29 is 4.79 Å². The van der Waals surface area contributed by atoms with Gasteiger partial charge in [-0.15, -0.1) is 5.10 Å². The van der Waals surface area contributed by atoms with Crippen molar-refractivity contribution in [2.75, 3.05) is 5.73 Å². The Bertz CT molecular complexity index is 691. The van der Waals surface area contributed by atoms with Gasteiger partial charge in [-0.25, -0.2) is 9.89 Å². The summed E-state index contributed by atoms with van der Waals surface area (Å²) in [4.78, 5) is 22.5. The second-order valence-corrected chi connectivity index (χ2v) is 5.06. The normalized spacial score (nSPS) is 10.7. The van der Waals surface area contributed by atoms with Crippen LogP contribution in [0.15, 0.2) is 28.2 Å². The van der Waals surface area contributed by atoms with E-state index in [4.69, 9.17) is 11.5 Å². The highest BCUT2D eigenvalue weighted by Crippen LogP contribution is 2.24. The number of rotatable bonds is 5. The topological polar surface area (TPSA) is 120 Å². The van der Waals surface area contributed by atoms with Crippen LogP contribution in [0.25, 0.3) is 0 Å². The number of anilines is 1. The molecule has 0 aliphatic carbocycles. The summed E-state index contributed by atoms with van der Waals surface area (Å²) in [6, 6.07) is 4.94. The largest absolute Gasteiger partial charge is 0.398 e. The summed E-state index contributed by atoms with van der Waals surface area (Å²) in [6.45, 7) is 2.42. The third-order valence-electron chi connectivity index (χ3n) is 2.83. The van der Waals surface area contributed by atoms with Gasteiger partial charge in [0.05, 0.1) is 0 Å². The molecular formula is C12H15N5O2S. The maximum absolute atomic E-state index is 11.4. The molecule has 0 spiro atoms. The van der Waals surface area contributed by atoms with E-state index in [1.807, 2.05) is 6.92 Å². The van der Waals surface area contributed by atoms with Gasteiger partial charge >= 0.3 is 5.69 Å². The molecule has 1 aromatic heterocycles. The molecule has 0 aliphatic heterocycles. The first-order valence-corrected chi connectivity index (χ1v) is 6.97. The highest BCUT2D eigenvalue weighted by Gasteiger charge is 2.09. The molecule has 7 nitrogen and oxygen atoms in total. The van der Waals surface area contributed by atoms with Crippen molar-refractivity contribution in [2.24, 2.45) is 5.73 Å². The number of thioether (sulfide) groups is 1. The van der Waals surface area contributed by atoms with Crippen molar-refractivity contribution in [2.45, 2.75) is 24.4 Å². The van der Waals surface area contributed by atoms with E-state index in [-0.39, 0.29) is 5.69 Å². The molecule has 0 radical (unpaired) electrons. The van der Waals surface area contributed by atoms with Crippen molar-refractivity contribution in [3.8, 4) is 0 Å². The zero-order chi connectivity index (χ0) is 14.7. The average Bonchev–Trinajstić information content (AvgIpc) is 2.77. The van der Waals surface area contributed by atoms with Gasteiger partial charge in [0, 0.05) is 23.5 Å². The van der Waals surface area contributed by atoms with Crippen LogP contribution in [0.4, 0.5) is 5.69 Å². The maximum atomic E-state index is 11.4. The van der Waals surface area contributed by atoms with E-state index in [9.17, 15) is 9.59 Å². The molecule has 106 valence electrons. The van der Waals surface area contributed by atoms with E-state index in [0.29, 0.717) is 28.7 Å². The van der Waals surface area contributed by atoms with E-state index >= 15 is 0 Å². The van der Waals surface area contributed by atoms with Crippen LogP contribution in [0, 0.1) is 0 Å². The van der Waals surface area contributed by atoms with Crippen molar-refractivity contribution in [3.05, 3.63) is 39.8 Å². The van der Waals surface area contributed by atoms with Crippen LogP contribution in [0.1, 0.15) is 22.8 Å². The molecule has 1 amide bonds. The first-order valence-electron chi connectivity index (χ1n) is 5.99. The Morgan fingerprint density at radius 3 is 2.85 bits per heavy atom. The molecule has 8 heteroatoms. The summed E-state index contributed by atoms with van der Waals surface area (Å²) < 4.78 is 1.54. The Balaban J connectivity index is 2.15. The lowest BCUT2D eigenvalue weighted by molar-refractivity contribution is 0.100. The number of carbonyl (C=O) groups is 1. The van der Waals surface area contributed by atoms with Crippen molar-refractivity contribution in [1.82, 2.24) is 14.8 Å². The number of nitrogens with one attached hydrogen (secondary N) is 1. The Morgan fingerprint density at radius 1 is 1.50 bits per heavy atom. The molecule has 1 heterocycles. The predicted octanol–water partition coefficient (Wildman–Crippen LogP) is 0.565. The van der Waals surface area contributed by atoms with Crippen molar-refractivity contribution in [1.29, 1.82) is 0 Å². The van der Waals surface area contributed by atoms with Gasteiger partial charge in [0.15, 0.2) is 5.16 Å². The fourth-order valence-electron chi connectivity index (χ4n) is 1.71. The zero-order valence-corrected chi connectivity index (χ0v) is 11.7. The van der Waals surface area contributed by atoms with Crippen LogP contribution in [0.5, 0.6) is 0 Å². The van der Waals surface area contributed by atoms with Gasteiger partial charge in [-0.3, -0.25) is 9.36 Å². The number of nitrogens with zero attached hydrogens (tertiary/aromatic N) is 2. The maximum Gasteiger partial charge on any atom is 0.343 e. The molecular weight excluding hydrogens is 278 g/mol. The molecule has 20 heavy (non-hydrogen) atoms. The molecule has 0 fully saturated rings. The molecule has 2 rings (SSSR count). The third kappa shape index (κ3) is 2.85. The standard InChI is InChI=1S/C12H15N5O2S/c1-2-17-11(19)15-16-12(17)20-6-8-4-3-7(10(14)18)5-9(8)13/h3-5H,2,6,13H2,1H3,(H2,14,18)(H,15,19). The van der Waals surface area contributed by atoms with Gasteiger partial charge in [0.25, 0.3) is 0 Å². The minimum Gasteiger partial charge on any atom is -0.398 e. The molecule has 5 N–H and O–H groups in total. The lowest BCUT2D eigenvalue weighted by Crippen LogP contribution is -2.16.